The number of rotatable bonds is 7. The lowest BCUT2D eigenvalue weighted by Gasteiger charge is -2.26. The SMILES string of the molecule is O=C(CN(Cc1ccco1)C1CCS(=O)(=O)C1)c1c[nH]c(C(=O)N2CCCC2)c1. The molecule has 2 fully saturated rings. The number of Topliss-reactive ketones (excluding diaryl/α,β-unsaturated/α-hetero) is 1. The molecular formula is C20H25N3O5S. The number of nitrogens with zero attached hydrogens (tertiary/aromatic N) is 2. The van der Waals surface area contributed by atoms with Crippen LogP contribution in [-0.4, -0.2) is 72.1 Å². The van der Waals surface area contributed by atoms with Crippen LogP contribution < -0.4 is 0 Å². The largest absolute Gasteiger partial charge is 0.468 e. The van der Waals surface area contributed by atoms with Gasteiger partial charge in [0.15, 0.2) is 15.6 Å². The Kier molecular flexibility index (Phi) is 5.60. The van der Waals surface area contributed by atoms with Gasteiger partial charge in [-0.25, -0.2) is 8.42 Å². The number of H-pyrrole nitrogens is 1. The highest BCUT2D eigenvalue weighted by Crippen LogP contribution is 2.21. The van der Waals surface area contributed by atoms with Crippen LogP contribution in [-0.2, 0) is 16.4 Å². The van der Waals surface area contributed by atoms with Gasteiger partial charge in [0.25, 0.3) is 5.91 Å². The van der Waals surface area contributed by atoms with Crippen molar-refractivity contribution in [1.29, 1.82) is 0 Å². The van der Waals surface area contributed by atoms with Crippen LogP contribution in [0.3, 0.4) is 0 Å². The molecule has 2 saturated heterocycles. The molecule has 0 radical (unpaired) electrons. The lowest BCUT2D eigenvalue weighted by Crippen LogP contribution is -2.39. The normalized spacial score (nSPS) is 21.1. The van der Waals surface area contributed by atoms with Crippen LogP contribution in [0, 0.1) is 0 Å². The summed E-state index contributed by atoms with van der Waals surface area (Å²) in [4.78, 5) is 31.9. The van der Waals surface area contributed by atoms with Gasteiger partial charge in [-0.3, -0.25) is 14.5 Å². The summed E-state index contributed by atoms with van der Waals surface area (Å²) < 4.78 is 29.2. The van der Waals surface area contributed by atoms with Crippen LogP contribution in [0.2, 0.25) is 0 Å². The molecule has 0 spiro atoms. The number of hydrogen-bond donors (Lipinski definition) is 1. The van der Waals surface area contributed by atoms with Crippen molar-refractivity contribution in [2.45, 2.75) is 31.8 Å². The number of carbonyl (C=O) groups is 2. The van der Waals surface area contributed by atoms with Crippen molar-refractivity contribution in [2.24, 2.45) is 0 Å². The average Bonchev–Trinajstić information content (AvgIpc) is 3.46. The van der Waals surface area contributed by atoms with Crippen LogP contribution in [0.5, 0.6) is 0 Å². The number of carbonyl (C=O) groups excluding carboxylic acids is 2. The monoisotopic (exact) mass is 419 g/mol. The van der Waals surface area contributed by atoms with Gasteiger partial charge in [0.1, 0.15) is 11.5 Å². The minimum Gasteiger partial charge on any atom is -0.468 e. The second-order valence-electron chi connectivity index (χ2n) is 7.77. The third-order valence-electron chi connectivity index (χ3n) is 5.64. The molecule has 8 nitrogen and oxygen atoms in total. The predicted octanol–water partition coefficient (Wildman–Crippen LogP) is 1.72. The molecule has 0 saturated carbocycles. The summed E-state index contributed by atoms with van der Waals surface area (Å²) in [6, 6.07) is 4.95. The molecule has 0 bridgehead atoms. The van der Waals surface area contributed by atoms with Gasteiger partial charge in [0, 0.05) is 30.9 Å². The molecule has 156 valence electrons. The van der Waals surface area contributed by atoms with Gasteiger partial charge in [-0.1, -0.05) is 0 Å². The summed E-state index contributed by atoms with van der Waals surface area (Å²) >= 11 is 0. The summed E-state index contributed by atoms with van der Waals surface area (Å²) in [5.41, 5.74) is 0.842. The fourth-order valence-corrected chi connectivity index (χ4v) is 5.79. The Morgan fingerprint density at radius 3 is 2.72 bits per heavy atom. The number of aromatic amines is 1. The Balaban J connectivity index is 1.47. The quantitative estimate of drug-likeness (QED) is 0.686. The third kappa shape index (κ3) is 4.62. The summed E-state index contributed by atoms with van der Waals surface area (Å²) in [6.07, 6.45) is 5.63. The molecule has 29 heavy (non-hydrogen) atoms. The third-order valence-corrected chi connectivity index (χ3v) is 7.39. The van der Waals surface area contributed by atoms with E-state index in [9.17, 15) is 18.0 Å². The van der Waals surface area contributed by atoms with Crippen molar-refractivity contribution in [3.63, 3.8) is 0 Å². The van der Waals surface area contributed by atoms with E-state index >= 15 is 0 Å². The Bertz CT molecular complexity index is 974. The van der Waals surface area contributed by atoms with Crippen LogP contribution in [0.15, 0.2) is 35.1 Å². The molecule has 2 aromatic heterocycles. The zero-order chi connectivity index (χ0) is 20.4. The fourth-order valence-electron chi connectivity index (χ4n) is 4.03. The first-order valence-corrected chi connectivity index (χ1v) is 11.7. The van der Waals surface area contributed by atoms with E-state index in [1.165, 1.54) is 0 Å². The van der Waals surface area contributed by atoms with E-state index in [1.807, 2.05) is 11.0 Å². The van der Waals surface area contributed by atoms with Crippen molar-refractivity contribution in [2.75, 3.05) is 31.1 Å². The molecule has 1 atom stereocenters. The van der Waals surface area contributed by atoms with E-state index in [2.05, 4.69) is 4.98 Å². The first-order valence-electron chi connectivity index (χ1n) is 9.89. The van der Waals surface area contributed by atoms with Crippen LogP contribution >= 0.6 is 0 Å². The molecule has 1 amide bonds. The van der Waals surface area contributed by atoms with Gasteiger partial charge in [-0.2, -0.15) is 0 Å². The molecule has 4 heterocycles. The number of sulfone groups is 1. The van der Waals surface area contributed by atoms with Crippen LogP contribution in [0.25, 0.3) is 0 Å². The van der Waals surface area contributed by atoms with Gasteiger partial charge in [0.05, 0.1) is 30.9 Å². The topological polar surface area (TPSA) is 104 Å². The molecule has 4 rings (SSSR count). The van der Waals surface area contributed by atoms with E-state index < -0.39 is 9.84 Å². The standard InChI is InChI=1S/C20H25N3O5S/c24-19(15-10-18(21-11-15)20(25)22-6-1-2-7-22)13-23(12-17-4-3-8-28-17)16-5-9-29(26,27)14-16/h3-4,8,10-11,16,21H,1-2,5-7,9,12-14H2. The zero-order valence-electron chi connectivity index (χ0n) is 16.2. The molecule has 0 aromatic carbocycles. The summed E-state index contributed by atoms with van der Waals surface area (Å²) in [7, 11) is -3.08. The van der Waals surface area contributed by atoms with E-state index in [1.54, 1.807) is 29.5 Å². The number of ketones is 1. The molecule has 1 unspecified atom stereocenters. The summed E-state index contributed by atoms with van der Waals surface area (Å²) in [5.74, 6) is 0.626. The molecular weight excluding hydrogens is 394 g/mol. The minimum atomic E-state index is -3.08. The Morgan fingerprint density at radius 2 is 2.07 bits per heavy atom. The van der Waals surface area contributed by atoms with Crippen molar-refractivity contribution >= 4 is 21.5 Å². The summed E-state index contributed by atoms with van der Waals surface area (Å²) in [5, 5.41) is 0. The van der Waals surface area contributed by atoms with Crippen molar-refractivity contribution in [3.8, 4) is 0 Å². The van der Waals surface area contributed by atoms with E-state index in [4.69, 9.17) is 4.42 Å². The number of nitrogens with one attached hydrogen (secondary N) is 1. The van der Waals surface area contributed by atoms with Gasteiger partial charge in [-0.05, 0) is 37.5 Å². The zero-order valence-corrected chi connectivity index (χ0v) is 17.0. The summed E-state index contributed by atoms with van der Waals surface area (Å²) in [6.45, 7) is 1.92. The highest BCUT2D eigenvalue weighted by atomic mass is 32.2. The second-order valence-corrected chi connectivity index (χ2v) is 9.99. The van der Waals surface area contributed by atoms with E-state index in [-0.39, 0.29) is 35.8 Å². The molecule has 1 N–H and O–H groups in total. The van der Waals surface area contributed by atoms with Gasteiger partial charge < -0.3 is 14.3 Å². The van der Waals surface area contributed by atoms with Crippen molar-refractivity contribution in [3.05, 3.63) is 47.7 Å². The Morgan fingerprint density at radius 1 is 1.28 bits per heavy atom. The van der Waals surface area contributed by atoms with Gasteiger partial charge in [0.2, 0.25) is 0 Å². The number of furan rings is 1. The van der Waals surface area contributed by atoms with E-state index in [0.717, 1.165) is 25.9 Å². The number of hydrogen-bond acceptors (Lipinski definition) is 6. The van der Waals surface area contributed by atoms with Crippen LogP contribution in [0.1, 0.15) is 45.9 Å². The second kappa shape index (κ2) is 8.16. The lowest BCUT2D eigenvalue weighted by molar-refractivity contribution is 0.0787. The smallest absolute Gasteiger partial charge is 0.270 e. The van der Waals surface area contributed by atoms with Gasteiger partial charge in [-0.15, -0.1) is 0 Å². The maximum Gasteiger partial charge on any atom is 0.270 e. The number of amides is 1. The molecule has 0 aliphatic carbocycles. The highest BCUT2D eigenvalue weighted by Gasteiger charge is 2.34. The molecule has 9 heteroatoms. The van der Waals surface area contributed by atoms with Crippen molar-refractivity contribution in [1.82, 2.24) is 14.8 Å². The highest BCUT2D eigenvalue weighted by molar-refractivity contribution is 7.91. The number of likely N-dealkylation sites (tertiary alicyclic amines) is 1. The molecule has 2 aromatic rings. The van der Waals surface area contributed by atoms with E-state index in [0.29, 0.717) is 30.0 Å². The Labute approximate surface area is 169 Å². The number of aromatic nitrogens is 1. The predicted molar refractivity (Wildman–Crippen MR) is 106 cm³/mol. The Hall–Kier alpha value is -2.39. The average molecular weight is 420 g/mol. The first-order chi connectivity index (χ1) is 13.9. The van der Waals surface area contributed by atoms with Crippen LogP contribution in [0.4, 0.5) is 0 Å². The fraction of sp³-hybridized carbons (Fsp3) is 0.500. The maximum atomic E-state index is 12.9. The molecule has 2 aliphatic rings. The first kappa shape index (κ1) is 19.9. The lowest BCUT2D eigenvalue weighted by atomic mass is 10.1. The minimum absolute atomic E-state index is 0.0484. The maximum absolute atomic E-state index is 12.9. The van der Waals surface area contributed by atoms with Crippen molar-refractivity contribution < 1.29 is 22.4 Å². The molecule has 2 aliphatic heterocycles. The van der Waals surface area contributed by atoms with Gasteiger partial charge >= 0.3 is 0 Å².